The second-order valence-electron chi connectivity index (χ2n) is 5.85. The van der Waals surface area contributed by atoms with Gasteiger partial charge in [0.15, 0.2) is 0 Å². The fraction of sp³-hybridized carbons (Fsp3) is 0.412. The van der Waals surface area contributed by atoms with E-state index in [1.54, 1.807) is 6.26 Å². The van der Waals surface area contributed by atoms with Crippen LogP contribution in [0, 0.1) is 0 Å². The molecule has 0 spiro atoms. The molecule has 0 aromatic carbocycles. The molecule has 25 heavy (non-hydrogen) atoms. The molecule has 0 atom stereocenters. The third-order valence-electron chi connectivity index (χ3n) is 4.04. The van der Waals surface area contributed by atoms with E-state index in [0.717, 1.165) is 45.0 Å². The Balaban J connectivity index is 0.000000326. The number of carboxylic acid groups (broad SMARTS) is 2. The Morgan fingerprint density at radius 3 is 2.04 bits per heavy atom. The van der Waals surface area contributed by atoms with Crippen molar-refractivity contribution in [3.8, 4) is 0 Å². The first-order chi connectivity index (χ1) is 12.0. The number of piperazine rings is 1. The molecule has 2 N–H and O–H groups in total. The number of aliphatic carboxylic acids is 2. The van der Waals surface area contributed by atoms with Gasteiger partial charge in [-0.05, 0) is 24.3 Å². The predicted molar refractivity (Wildman–Crippen MR) is 89.9 cm³/mol. The van der Waals surface area contributed by atoms with Gasteiger partial charge in [0.05, 0.1) is 12.8 Å². The molecule has 8 heteroatoms. The molecular weight excluding hydrogens is 326 g/mol. The van der Waals surface area contributed by atoms with E-state index in [1.165, 1.54) is 5.69 Å². The summed E-state index contributed by atoms with van der Waals surface area (Å²) in [6.07, 6.45) is 3.86. The van der Waals surface area contributed by atoms with E-state index in [9.17, 15) is 0 Å². The molecule has 2 aromatic rings. The van der Waals surface area contributed by atoms with Gasteiger partial charge in [0.25, 0.3) is 0 Å². The summed E-state index contributed by atoms with van der Waals surface area (Å²) in [6, 6.07) is 8.33. The second-order valence-corrected chi connectivity index (χ2v) is 5.85. The highest BCUT2D eigenvalue weighted by Gasteiger charge is 2.18. The second kappa shape index (κ2) is 9.05. The first-order valence-corrected chi connectivity index (χ1v) is 7.99. The fourth-order valence-electron chi connectivity index (χ4n) is 2.62. The number of furan rings is 1. The summed E-state index contributed by atoms with van der Waals surface area (Å²) >= 11 is 0. The van der Waals surface area contributed by atoms with Gasteiger partial charge in [0.2, 0.25) is 0 Å². The summed E-state index contributed by atoms with van der Waals surface area (Å²) < 4.78 is 7.61. The average Bonchev–Trinajstić information content (AvgIpc) is 3.22. The van der Waals surface area contributed by atoms with E-state index in [4.69, 9.17) is 24.2 Å². The van der Waals surface area contributed by atoms with Crippen LogP contribution in [0.5, 0.6) is 0 Å². The van der Waals surface area contributed by atoms with E-state index in [2.05, 4.69) is 45.8 Å². The molecule has 136 valence electrons. The molecule has 8 nitrogen and oxygen atoms in total. The Bertz CT molecular complexity index is 660. The molecule has 3 heterocycles. The van der Waals surface area contributed by atoms with Crippen LogP contribution in [-0.2, 0) is 29.7 Å². The Hall–Kier alpha value is -2.58. The summed E-state index contributed by atoms with van der Waals surface area (Å²) in [5.74, 6) is -2.58. The first kappa shape index (κ1) is 18.8. The minimum Gasteiger partial charge on any atom is -0.473 e. The van der Waals surface area contributed by atoms with Crippen LogP contribution in [0.15, 0.2) is 41.1 Å². The molecule has 1 aliphatic heterocycles. The number of rotatable bonds is 4. The maximum Gasteiger partial charge on any atom is 0.414 e. The smallest absolute Gasteiger partial charge is 0.414 e. The highest BCUT2D eigenvalue weighted by Crippen LogP contribution is 2.11. The van der Waals surface area contributed by atoms with Crippen LogP contribution in [-0.4, -0.2) is 62.7 Å². The maximum absolute atomic E-state index is 9.10. The molecule has 0 radical (unpaired) electrons. The summed E-state index contributed by atoms with van der Waals surface area (Å²) in [5, 5.41) is 14.8. The van der Waals surface area contributed by atoms with Crippen molar-refractivity contribution < 1.29 is 24.2 Å². The quantitative estimate of drug-likeness (QED) is 0.797. The average molecular weight is 349 g/mol. The fourth-order valence-corrected chi connectivity index (χ4v) is 2.62. The Morgan fingerprint density at radius 1 is 1.00 bits per heavy atom. The Labute approximate surface area is 145 Å². The largest absolute Gasteiger partial charge is 0.473 e. The molecule has 0 bridgehead atoms. The van der Waals surface area contributed by atoms with Crippen LogP contribution < -0.4 is 0 Å². The van der Waals surface area contributed by atoms with Crippen LogP contribution in [0.3, 0.4) is 0 Å². The van der Waals surface area contributed by atoms with E-state index in [0.29, 0.717) is 0 Å². The molecule has 1 saturated heterocycles. The standard InChI is InChI=1S/C15H21N3O.C2H2O4/c1-16-6-2-4-14(16)12-17-7-9-18(10-8-17)13-15-5-3-11-19-15;3-1(4)2(5)6/h2-6,11H,7-10,12-13H2,1H3;(H,3,4)(H,5,6). The number of carboxylic acids is 2. The van der Waals surface area contributed by atoms with Crippen LogP contribution >= 0.6 is 0 Å². The zero-order valence-electron chi connectivity index (χ0n) is 14.2. The molecule has 0 amide bonds. The van der Waals surface area contributed by atoms with Crippen molar-refractivity contribution in [2.45, 2.75) is 13.1 Å². The molecule has 0 saturated carbocycles. The monoisotopic (exact) mass is 349 g/mol. The van der Waals surface area contributed by atoms with Crippen molar-refractivity contribution in [3.63, 3.8) is 0 Å². The predicted octanol–water partition coefficient (Wildman–Crippen LogP) is 1.09. The number of nitrogens with zero attached hydrogens (tertiary/aromatic N) is 3. The SMILES string of the molecule is Cn1cccc1CN1CCN(Cc2ccco2)CC1.O=C(O)C(=O)O. The lowest BCUT2D eigenvalue weighted by Gasteiger charge is -2.34. The van der Waals surface area contributed by atoms with Crippen LogP contribution in [0.25, 0.3) is 0 Å². The maximum atomic E-state index is 9.10. The topological polar surface area (TPSA) is 99.2 Å². The molecule has 0 unspecified atom stereocenters. The minimum absolute atomic E-state index is 0.936. The molecule has 1 aliphatic rings. The van der Waals surface area contributed by atoms with Crippen molar-refractivity contribution in [2.75, 3.05) is 26.2 Å². The van der Waals surface area contributed by atoms with Gasteiger partial charge in [-0.25, -0.2) is 9.59 Å². The highest BCUT2D eigenvalue weighted by atomic mass is 16.4. The normalized spacial score (nSPS) is 15.4. The number of carbonyl (C=O) groups is 2. The summed E-state index contributed by atoms with van der Waals surface area (Å²) in [5.41, 5.74) is 1.39. The third-order valence-corrected chi connectivity index (χ3v) is 4.04. The minimum atomic E-state index is -1.82. The van der Waals surface area contributed by atoms with Gasteiger partial charge in [-0.15, -0.1) is 0 Å². The van der Waals surface area contributed by atoms with Gasteiger partial charge in [-0.3, -0.25) is 9.80 Å². The van der Waals surface area contributed by atoms with Crippen molar-refractivity contribution in [1.29, 1.82) is 0 Å². The van der Waals surface area contributed by atoms with Crippen LogP contribution in [0.2, 0.25) is 0 Å². The molecule has 0 aliphatic carbocycles. The summed E-state index contributed by atoms with van der Waals surface area (Å²) in [7, 11) is 2.11. The number of aryl methyl sites for hydroxylation is 1. The van der Waals surface area contributed by atoms with Crippen molar-refractivity contribution in [1.82, 2.24) is 14.4 Å². The van der Waals surface area contributed by atoms with Gasteiger partial charge in [-0.1, -0.05) is 0 Å². The van der Waals surface area contributed by atoms with E-state index >= 15 is 0 Å². The third kappa shape index (κ3) is 6.09. The molecule has 2 aromatic heterocycles. The number of aromatic nitrogens is 1. The molecule has 3 rings (SSSR count). The molecular formula is C17H23N3O5. The van der Waals surface area contributed by atoms with Crippen LogP contribution in [0.1, 0.15) is 11.5 Å². The Kier molecular flexibility index (Phi) is 6.79. The first-order valence-electron chi connectivity index (χ1n) is 7.99. The van der Waals surface area contributed by atoms with Gasteiger partial charge >= 0.3 is 11.9 Å². The Morgan fingerprint density at radius 2 is 1.60 bits per heavy atom. The van der Waals surface area contributed by atoms with E-state index in [1.807, 2.05) is 6.07 Å². The van der Waals surface area contributed by atoms with Crippen LogP contribution in [0.4, 0.5) is 0 Å². The van der Waals surface area contributed by atoms with Gasteiger partial charge in [0.1, 0.15) is 5.76 Å². The zero-order chi connectivity index (χ0) is 18.2. The van der Waals surface area contributed by atoms with Crippen molar-refractivity contribution >= 4 is 11.9 Å². The lowest BCUT2D eigenvalue weighted by Crippen LogP contribution is -2.45. The van der Waals surface area contributed by atoms with Gasteiger partial charge < -0.3 is 19.2 Å². The molecule has 1 fully saturated rings. The lowest BCUT2D eigenvalue weighted by molar-refractivity contribution is -0.159. The van der Waals surface area contributed by atoms with E-state index in [-0.39, 0.29) is 0 Å². The highest BCUT2D eigenvalue weighted by molar-refractivity contribution is 6.27. The summed E-state index contributed by atoms with van der Waals surface area (Å²) in [6.45, 7) is 6.48. The van der Waals surface area contributed by atoms with E-state index < -0.39 is 11.9 Å². The van der Waals surface area contributed by atoms with Crippen molar-refractivity contribution in [2.24, 2.45) is 7.05 Å². The summed E-state index contributed by atoms with van der Waals surface area (Å²) in [4.78, 5) is 23.2. The van der Waals surface area contributed by atoms with Crippen molar-refractivity contribution in [3.05, 3.63) is 48.2 Å². The number of hydrogen-bond acceptors (Lipinski definition) is 5. The van der Waals surface area contributed by atoms with Gasteiger partial charge in [-0.2, -0.15) is 0 Å². The van der Waals surface area contributed by atoms with Gasteiger partial charge in [0, 0.05) is 51.7 Å². The zero-order valence-corrected chi connectivity index (χ0v) is 14.2. The number of hydrogen-bond donors (Lipinski definition) is 2. The lowest BCUT2D eigenvalue weighted by atomic mass is 10.2.